The van der Waals surface area contributed by atoms with Crippen LogP contribution in [0, 0.1) is 17.2 Å². The van der Waals surface area contributed by atoms with Crippen LogP contribution in [-0.2, 0) is 14.3 Å². The summed E-state index contributed by atoms with van der Waals surface area (Å²) < 4.78 is 37.9. The van der Waals surface area contributed by atoms with E-state index in [1.54, 1.807) is 0 Å². The molecule has 0 aromatic heterocycles. The number of nitrogens with two attached hydrogens (primary N) is 1. The lowest BCUT2D eigenvalue weighted by Crippen LogP contribution is -2.54. The number of carboxylic acids is 1. The minimum Gasteiger partial charge on any atom is -0.542 e. The predicted octanol–water partition coefficient (Wildman–Crippen LogP) is 2.68. The molecule has 3 rings (SSSR count). The zero-order chi connectivity index (χ0) is 28.0. The number of nitrogens with one attached hydrogen (secondary N) is 1. The van der Waals surface area contributed by atoms with E-state index in [1.165, 1.54) is 31.4 Å². The number of likely N-dealkylation sites (N-methyl/N-ethyl adjacent to an activating group) is 1. The molecule has 2 fully saturated rings. The third-order valence-electron chi connectivity index (χ3n) is 6.99. The number of alkyl halides is 3. The standard InChI is InChI=1S/C24H39N4O2.C2HF3O2/c1-24(2,3)30-22(29)17-28(4)15-11-19(12-16-28)18-9-13-27(14-10-18)21-7-5-20(6-8-21)23(25)26;3-2(4,5)1(6)7/h5-8,18-19H,9-17H2,1-4H3,(H3,25,26);(H,6,7)/q+1;/p-1. The Kier molecular flexibility index (Phi) is 9.98. The summed E-state index contributed by atoms with van der Waals surface area (Å²) in [5.74, 6) is -1.40. The van der Waals surface area contributed by atoms with Crippen molar-refractivity contribution in [1.82, 2.24) is 0 Å². The number of benzene rings is 1. The van der Waals surface area contributed by atoms with Crippen LogP contribution in [0.25, 0.3) is 0 Å². The number of piperidine rings is 2. The number of rotatable bonds is 5. The first-order valence-corrected chi connectivity index (χ1v) is 12.5. The molecular formula is C26H39F3N4O4. The Labute approximate surface area is 216 Å². The number of esters is 1. The van der Waals surface area contributed by atoms with Crippen molar-refractivity contribution in [2.75, 3.05) is 44.7 Å². The number of amidine groups is 1. The molecule has 37 heavy (non-hydrogen) atoms. The van der Waals surface area contributed by atoms with E-state index in [2.05, 4.69) is 24.1 Å². The quantitative estimate of drug-likeness (QED) is 0.263. The molecule has 0 amide bonds. The summed E-state index contributed by atoms with van der Waals surface area (Å²) in [7, 11) is 2.20. The van der Waals surface area contributed by atoms with Gasteiger partial charge in [-0.3, -0.25) is 5.41 Å². The normalized spacial score (nSPS) is 23.0. The van der Waals surface area contributed by atoms with Gasteiger partial charge in [-0.15, -0.1) is 0 Å². The van der Waals surface area contributed by atoms with Crippen LogP contribution in [-0.4, -0.2) is 73.8 Å². The second kappa shape index (κ2) is 12.1. The first kappa shape index (κ1) is 30.4. The van der Waals surface area contributed by atoms with Crippen molar-refractivity contribution in [2.24, 2.45) is 17.6 Å². The summed E-state index contributed by atoms with van der Waals surface area (Å²) in [5, 5.41) is 16.3. The third kappa shape index (κ3) is 9.87. The van der Waals surface area contributed by atoms with Gasteiger partial charge in [0.1, 0.15) is 17.4 Å². The van der Waals surface area contributed by atoms with Crippen LogP contribution in [0.3, 0.4) is 0 Å². The molecule has 8 nitrogen and oxygen atoms in total. The minimum absolute atomic E-state index is 0.0763. The van der Waals surface area contributed by atoms with Crippen molar-refractivity contribution in [3.05, 3.63) is 29.8 Å². The second-order valence-corrected chi connectivity index (χ2v) is 11.2. The van der Waals surface area contributed by atoms with Crippen molar-refractivity contribution in [3.8, 4) is 0 Å². The number of halogens is 3. The highest BCUT2D eigenvalue weighted by atomic mass is 19.4. The Morgan fingerprint density at radius 1 is 1.05 bits per heavy atom. The molecule has 0 saturated carbocycles. The van der Waals surface area contributed by atoms with E-state index >= 15 is 0 Å². The number of hydrogen-bond acceptors (Lipinski definition) is 6. The first-order valence-electron chi connectivity index (χ1n) is 12.5. The molecule has 1 aromatic carbocycles. The highest BCUT2D eigenvalue weighted by Crippen LogP contribution is 2.35. The molecule has 2 saturated heterocycles. The molecule has 2 heterocycles. The van der Waals surface area contributed by atoms with Gasteiger partial charge in [0.2, 0.25) is 0 Å². The SMILES string of the molecule is CC(C)(C)OC(=O)C[N+]1(C)CCC(C2CCN(c3ccc(C(=N)N)cc3)CC2)CC1.O=C([O-])C(F)(F)F. The minimum atomic E-state index is -5.19. The van der Waals surface area contributed by atoms with Crippen LogP contribution in [0.15, 0.2) is 24.3 Å². The summed E-state index contributed by atoms with van der Waals surface area (Å²) in [6.07, 6.45) is -0.321. The maximum atomic E-state index is 12.3. The number of carboxylic acid groups (broad SMARTS) is 1. The fourth-order valence-corrected chi connectivity index (χ4v) is 5.01. The summed E-state index contributed by atoms with van der Waals surface area (Å²) >= 11 is 0. The lowest BCUT2D eigenvalue weighted by Gasteiger charge is -2.44. The van der Waals surface area contributed by atoms with Crippen LogP contribution in [0.4, 0.5) is 18.9 Å². The molecule has 0 radical (unpaired) electrons. The van der Waals surface area contributed by atoms with Gasteiger partial charge in [-0.1, -0.05) is 0 Å². The zero-order valence-electron chi connectivity index (χ0n) is 22.1. The molecule has 1 aromatic rings. The Bertz CT molecular complexity index is 929. The maximum absolute atomic E-state index is 12.3. The van der Waals surface area contributed by atoms with Crippen LogP contribution in [0.1, 0.15) is 52.0 Å². The van der Waals surface area contributed by atoms with Crippen LogP contribution < -0.4 is 15.7 Å². The summed E-state index contributed by atoms with van der Waals surface area (Å²) in [6.45, 7) is 10.6. The largest absolute Gasteiger partial charge is 0.542 e. The average molecular weight is 529 g/mol. The molecule has 0 aliphatic carbocycles. The van der Waals surface area contributed by atoms with E-state index in [0.717, 1.165) is 48.1 Å². The van der Waals surface area contributed by atoms with E-state index in [4.69, 9.17) is 25.8 Å². The summed E-state index contributed by atoms with van der Waals surface area (Å²) in [6, 6.07) is 8.04. The highest BCUT2D eigenvalue weighted by molar-refractivity contribution is 5.95. The highest BCUT2D eigenvalue weighted by Gasteiger charge is 2.37. The monoisotopic (exact) mass is 528 g/mol. The van der Waals surface area contributed by atoms with E-state index in [-0.39, 0.29) is 11.8 Å². The average Bonchev–Trinajstić information content (AvgIpc) is 2.78. The van der Waals surface area contributed by atoms with E-state index in [9.17, 15) is 18.0 Å². The van der Waals surface area contributed by atoms with Gasteiger partial charge in [0, 0.05) is 24.3 Å². The number of carbonyl (C=O) groups excluding carboxylic acids is 2. The number of hydrogen-bond donors (Lipinski definition) is 2. The Balaban J connectivity index is 0.000000604. The number of ether oxygens (including phenoxy) is 1. The topological polar surface area (TPSA) is 120 Å². The third-order valence-corrected chi connectivity index (χ3v) is 6.99. The molecule has 208 valence electrons. The number of aliphatic carboxylic acids is 1. The lowest BCUT2D eigenvalue weighted by molar-refractivity contribution is -0.908. The van der Waals surface area contributed by atoms with Crippen molar-refractivity contribution >= 4 is 23.5 Å². The Hall–Kier alpha value is -2.82. The number of carbonyl (C=O) groups is 2. The van der Waals surface area contributed by atoms with Gasteiger partial charge < -0.3 is 29.8 Å². The van der Waals surface area contributed by atoms with E-state index in [1.807, 2.05) is 32.9 Å². The molecule has 0 atom stereocenters. The van der Waals surface area contributed by atoms with Crippen molar-refractivity contribution < 1.29 is 37.1 Å². The number of likely N-dealkylation sites (tertiary alicyclic amines) is 1. The molecule has 0 bridgehead atoms. The van der Waals surface area contributed by atoms with Gasteiger partial charge in [0.05, 0.1) is 20.1 Å². The number of quaternary nitrogens is 1. The maximum Gasteiger partial charge on any atom is 0.430 e. The fourth-order valence-electron chi connectivity index (χ4n) is 5.01. The zero-order valence-corrected chi connectivity index (χ0v) is 22.1. The number of anilines is 1. The van der Waals surface area contributed by atoms with Gasteiger partial charge >= 0.3 is 12.1 Å². The molecule has 0 spiro atoms. The van der Waals surface area contributed by atoms with Gasteiger partial charge in [-0.25, -0.2) is 4.79 Å². The van der Waals surface area contributed by atoms with Gasteiger partial charge in [0.25, 0.3) is 0 Å². The molecule has 11 heteroatoms. The second-order valence-electron chi connectivity index (χ2n) is 11.2. The van der Waals surface area contributed by atoms with E-state index in [0.29, 0.717) is 6.54 Å². The van der Waals surface area contributed by atoms with Crippen molar-refractivity contribution in [3.63, 3.8) is 0 Å². The predicted molar refractivity (Wildman–Crippen MR) is 133 cm³/mol. The smallest absolute Gasteiger partial charge is 0.430 e. The van der Waals surface area contributed by atoms with Gasteiger partial charge in [-0.05, 0) is 82.6 Å². The van der Waals surface area contributed by atoms with Crippen LogP contribution in [0.5, 0.6) is 0 Å². The summed E-state index contributed by atoms with van der Waals surface area (Å²) in [5.41, 5.74) is 7.16. The summed E-state index contributed by atoms with van der Waals surface area (Å²) in [4.78, 5) is 23.5. The molecule has 2 aliphatic rings. The first-order chi connectivity index (χ1) is 17.0. The van der Waals surface area contributed by atoms with E-state index < -0.39 is 17.7 Å². The molecule has 3 N–H and O–H groups in total. The van der Waals surface area contributed by atoms with Gasteiger partial charge in [0.15, 0.2) is 6.54 Å². The number of nitrogens with zero attached hydrogens (tertiary/aromatic N) is 2. The fraction of sp³-hybridized carbons (Fsp3) is 0.654. The molecule has 0 unspecified atom stereocenters. The van der Waals surface area contributed by atoms with Crippen molar-refractivity contribution in [2.45, 2.75) is 58.2 Å². The Morgan fingerprint density at radius 2 is 1.51 bits per heavy atom. The van der Waals surface area contributed by atoms with Crippen LogP contribution >= 0.6 is 0 Å². The van der Waals surface area contributed by atoms with Gasteiger partial charge in [-0.2, -0.15) is 13.2 Å². The lowest BCUT2D eigenvalue weighted by atomic mass is 9.78. The molecular weight excluding hydrogens is 489 g/mol. The number of nitrogen functional groups attached to an aromatic ring is 1. The molecule has 2 aliphatic heterocycles. The van der Waals surface area contributed by atoms with Crippen LogP contribution in [0.2, 0.25) is 0 Å². The Morgan fingerprint density at radius 3 is 1.92 bits per heavy atom. The van der Waals surface area contributed by atoms with Crippen molar-refractivity contribution in [1.29, 1.82) is 5.41 Å².